The Balaban J connectivity index is 1.54. The first-order valence-corrected chi connectivity index (χ1v) is 11.9. The van der Waals surface area contributed by atoms with Gasteiger partial charge in [-0.2, -0.15) is 0 Å². The lowest BCUT2D eigenvalue weighted by molar-refractivity contribution is -0.00779. The highest BCUT2D eigenvalue weighted by Crippen LogP contribution is 2.20. The molecular formula is C27H36N4O3. The van der Waals surface area contributed by atoms with Crippen LogP contribution in [-0.4, -0.2) is 39.0 Å². The summed E-state index contributed by atoms with van der Waals surface area (Å²) in [5.41, 5.74) is 2.95. The van der Waals surface area contributed by atoms with E-state index in [1.807, 2.05) is 61.7 Å². The zero-order valence-corrected chi connectivity index (χ0v) is 20.5. The summed E-state index contributed by atoms with van der Waals surface area (Å²) in [6.45, 7) is 8.80. The summed E-state index contributed by atoms with van der Waals surface area (Å²) in [7, 11) is 0. The van der Waals surface area contributed by atoms with Crippen molar-refractivity contribution in [3.63, 3.8) is 0 Å². The molecule has 4 atom stereocenters. The number of aliphatic hydroxyl groups excluding tert-OH is 1. The molecule has 0 aliphatic rings. The van der Waals surface area contributed by atoms with Gasteiger partial charge in [-0.25, -0.2) is 4.68 Å². The zero-order chi connectivity index (χ0) is 24.3. The number of ether oxygens (including phenoxy) is 1. The largest absolute Gasteiger partial charge is 0.394 e. The maximum atomic E-state index is 9.85. The van der Waals surface area contributed by atoms with Gasteiger partial charge < -0.3 is 14.7 Å². The highest BCUT2D eigenvalue weighted by Gasteiger charge is 2.21. The molecule has 7 nitrogen and oxygen atoms in total. The minimum atomic E-state index is -0.365. The number of hydrogen-bond donors (Lipinski definition) is 1. The molecule has 0 spiro atoms. The molecule has 3 rings (SSSR count). The van der Waals surface area contributed by atoms with Gasteiger partial charge in [0.05, 0.1) is 31.6 Å². The standard InChI is InChI=1S/C27H36N4O3/c1-20(2)27(33-19-24-13-9-6-10-14-24)21(3)16-28-34-22(4)26-17-31(30-29-26)25(18-32)15-23-11-7-5-8-12-23/h5-14,16-17,20-22,25,27,32H,15,18-19H2,1-4H3/b28-16+/t21-,22+,25+,27-/m1/s1. The molecule has 182 valence electrons. The van der Waals surface area contributed by atoms with Crippen LogP contribution in [0.4, 0.5) is 0 Å². The Labute approximate surface area is 202 Å². The molecule has 0 unspecified atom stereocenters. The molecule has 0 saturated carbocycles. The molecule has 0 amide bonds. The topological polar surface area (TPSA) is 81.8 Å². The molecule has 0 aliphatic carbocycles. The van der Waals surface area contributed by atoms with Gasteiger partial charge in [0.25, 0.3) is 0 Å². The molecule has 0 fully saturated rings. The number of aromatic nitrogens is 3. The first-order valence-electron chi connectivity index (χ1n) is 11.9. The molecule has 1 heterocycles. The third kappa shape index (κ3) is 7.50. The van der Waals surface area contributed by atoms with Crippen molar-refractivity contribution in [3.8, 4) is 0 Å². The van der Waals surface area contributed by atoms with E-state index in [1.54, 1.807) is 10.9 Å². The van der Waals surface area contributed by atoms with Crippen molar-refractivity contribution in [1.82, 2.24) is 15.0 Å². The highest BCUT2D eigenvalue weighted by atomic mass is 16.6. The van der Waals surface area contributed by atoms with Crippen molar-refractivity contribution in [2.75, 3.05) is 6.61 Å². The molecule has 7 heteroatoms. The van der Waals surface area contributed by atoms with Crippen LogP contribution >= 0.6 is 0 Å². The fraction of sp³-hybridized carbons (Fsp3) is 0.444. The first-order chi connectivity index (χ1) is 16.5. The van der Waals surface area contributed by atoms with Crippen molar-refractivity contribution in [3.05, 3.63) is 83.7 Å². The maximum absolute atomic E-state index is 9.85. The quantitative estimate of drug-likeness (QED) is 0.284. The Morgan fingerprint density at radius 1 is 0.971 bits per heavy atom. The summed E-state index contributed by atoms with van der Waals surface area (Å²) >= 11 is 0. The number of hydrogen-bond acceptors (Lipinski definition) is 6. The summed E-state index contributed by atoms with van der Waals surface area (Å²) in [5.74, 6) is 0.416. The molecule has 0 radical (unpaired) electrons. The van der Waals surface area contributed by atoms with Crippen LogP contribution in [0.5, 0.6) is 0 Å². The van der Waals surface area contributed by atoms with Crippen molar-refractivity contribution >= 4 is 6.21 Å². The zero-order valence-electron chi connectivity index (χ0n) is 20.5. The second-order valence-electron chi connectivity index (χ2n) is 9.02. The molecule has 0 saturated heterocycles. The number of rotatable bonds is 13. The summed E-state index contributed by atoms with van der Waals surface area (Å²) in [6, 6.07) is 20.0. The molecule has 0 bridgehead atoms. The van der Waals surface area contributed by atoms with E-state index in [1.165, 1.54) is 0 Å². The third-order valence-electron chi connectivity index (χ3n) is 5.82. The fourth-order valence-electron chi connectivity index (χ4n) is 3.86. The highest BCUT2D eigenvalue weighted by molar-refractivity contribution is 5.60. The van der Waals surface area contributed by atoms with Gasteiger partial charge in [-0.05, 0) is 30.4 Å². The second-order valence-corrected chi connectivity index (χ2v) is 9.02. The fourth-order valence-corrected chi connectivity index (χ4v) is 3.86. The Bertz CT molecular complexity index is 991. The van der Waals surface area contributed by atoms with Gasteiger partial charge in [0.15, 0.2) is 6.10 Å². The van der Waals surface area contributed by atoms with E-state index in [4.69, 9.17) is 9.57 Å². The van der Waals surface area contributed by atoms with E-state index in [0.29, 0.717) is 24.6 Å². The van der Waals surface area contributed by atoms with Crippen molar-refractivity contribution in [2.45, 2.75) is 59.0 Å². The van der Waals surface area contributed by atoms with Crippen LogP contribution < -0.4 is 0 Å². The van der Waals surface area contributed by atoms with Crippen molar-refractivity contribution < 1.29 is 14.7 Å². The minimum Gasteiger partial charge on any atom is -0.394 e. The molecule has 3 aromatic rings. The summed E-state index contributed by atoms with van der Waals surface area (Å²) in [6.07, 6.45) is 3.93. The van der Waals surface area contributed by atoms with Gasteiger partial charge in [-0.3, -0.25) is 0 Å². The van der Waals surface area contributed by atoms with Crippen LogP contribution in [0.2, 0.25) is 0 Å². The summed E-state index contributed by atoms with van der Waals surface area (Å²) < 4.78 is 7.88. The van der Waals surface area contributed by atoms with Crippen molar-refractivity contribution in [2.24, 2.45) is 17.0 Å². The predicted octanol–water partition coefficient (Wildman–Crippen LogP) is 5.00. The molecule has 1 aromatic heterocycles. The molecular weight excluding hydrogens is 428 g/mol. The lowest BCUT2D eigenvalue weighted by Gasteiger charge is -2.25. The van der Waals surface area contributed by atoms with Crippen LogP contribution in [0.3, 0.4) is 0 Å². The van der Waals surface area contributed by atoms with Gasteiger partial charge in [-0.15, -0.1) is 5.10 Å². The number of nitrogens with zero attached hydrogens (tertiary/aromatic N) is 4. The van der Waals surface area contributed by atoms with Crippen LogP contribution in [0.25, 0.3) is 0 Å². The number of aliphatic hydroxyl groups is 1. The van der Waals surface area contributed by atoms with Gasteiger partial charge >= 0.3 is 0 Å². The van der Waals surface area contributed by atoms with Gasteiger partial charge in [0, 0.05) is 12.1 Å². The van der Waals surface area contributed by atoms with Crippen LogP contribution in [0.15, 0.2) is 72.0 Å². The van der Waals surface area contributed by atoms with Gasteiger partial charge in [0.2, 0.25) is 0 Å². The van der Waals surface area contributed by atoms with Crippen LogP contribution in [0.1, 0.15) is 56.7 Å². The number of oxime groups is 1. The Morgan fingerprint density at radius 3 is 2.24 bits per heavy atom. The smallest absolute Gasteiger partial charge is 0.169 e. The average Bonchev–Trinajstić information content (AvgIpc) is 3.34. The lowest BCUT2D eigenvalue weighted by atomic mass is 9.95. The molecule has 0 aliphatic heterocycles. The van der Waals surface area contributed by atoms with E-state index >= 15 is 0 Å². The van der Waals surface area contributed by atoms with Gasteiger partial charge in [0.1, 0.15) is 5.69 Å². The lowest BCUT2D eigenvalue weighted by Crippen LogP contribution is -2.28. The summed E-state index contributed by atoms with van der Waals surface area (Å²) in [4.78, 5) is 5.67. The second kappa shape index (κ2) is 13.0. The average molecular weight is 465 g/mol. The van der Waals surface area contributed by atoms with Crippen LogP contribution in [0, 0.1) is 11.8 Å². The van der Waals surface area contributed by atoms with E-state index in [0.717, 1.165) is 11.1 Å². The maximum Gasteiger partial charge on any atom is 0.169 e. The van der Waals surface area contributed by atoms with Gasteiger partial charge in [-0.1, -0.05) is 91.8 Å². The number of benzene rings is 2. The normalized spacial score (nSPS) is 15.4. The Morgan fingerprint density at radius 2 is 1.62 bits per heavy atom. The minimum absolute atomic E-state index is 0.0204. The Kier molecular flexibility index (Phi) is 9.79. The van der Waals surface area contributed by atoms with Crippen molar-refractivity contribution in [1.29, 1.82) is 0 Å². The van der Waals surface area contributed by atoms with E-state index < -0.39 is 0 Å². The predicted molar refractivity (Wildman–Crippen MR) is 133 cm³/mol. The molecule has 34 heavy (non-hydrogen) atoms. The third-order valence-corrected chi connectivity index (χ3v) is 5.82. The summed E-state index contributed by atoms with van der Waals surface area (Å²) in [5, 5.41) is 22.5. The van der Waals surface area contributed by atoms with Crippen LogP contribution in [-0.2, 0) is 22.6 Å². The van der Waals surface area contributed by atoms with E-state index in [-0.39, 0.29) is 30.8 Å². The Hall–Kier alpha value is -3.03. The molecule has 1 N–H and O–H groups in total. The van der Waals surface area contributed by atoms with E-state index in [2.05, 4.69) is 48.4 Å². The monoisotopic (exact) mass is 464 g/mol. The molecule has 2 aromatic carbocycles. The SMILES string of the molecule is CC(C)[C@@H](OCc1ccccc1)[C@H](C)/C=N/O[C@@H](C)c1cn([C@H](CO)Cc2ccccc2)nn1. The first kappa shape index (κ1) is 25.6. The van der Waals surface area contributed by atoms with E-state index in [9.17, 15) is 5.11 Å².